The van der Waals surface area contributed by atoms with Gasteiger partial charge in [0.15, 0.2) is 0 Å². The highest BCUT2D eigenvalue weighted by Gasteiger charge is 2.09. The van der Waals surface area contributed by atoms with Crippen molar-refractivity contribution in [1.29, 1.82) is 0 Å². The number of hydrogen-bond donors (Lipinski definition) is 1. The molecule has 0 aliphatic carbocycles. The molecule has 0 saturated carbocycles. The molecule has 1 fully saturated rings. The predicted octanol–water partition coefficient (Wildman–Crippen LogP) is 1.54. The van der Waals surface area contributed by atoms with Gasteiger partial charge in [-0.3, -0.25) is 4.79 Å². The summed E-state index contributed by atoms with van der Waals surface area (Å²) in [5.74, 6) is 0.820. The summed E-state index contributed by atoms with van der Waals surface area (Å²) in [5, 5.41) is 0. The SMILES string of the molecule is O=c1cc(N2CCCCCCC2)nc[nH]1. The van der Waals surface area contributed by atoms with E-state index in [-0.39, 0.29) is 5.56 Å². The van der Waals surface area contributed by atoms with E-state index in [2.05, 4.69) is 14.9 Å². The number of anilines is 1. The van der Waals surface area contributed by atoms with Crippen LogP contribution in [0.1, 0.15) is 32.1 Å². The van der Waals surface area contributed by atoms with Gasteiger partial charge < -0.3 is 9.88 Å². The highest BCUT2D eigenvalue weighted by molar-refractivity contribution is 5.36. The lowest BCUT2D eigenvalue weighted by Gasteiger charge is -2.25. The third kappa shape index (κ3) is 2.81. The van der Waals surface area contributed by atoms with Gasteiger partial charge in [-0.2, -0.15) is 0 Å². The molecule has 0 bridgehead atoms. The van der Waals surface area contributed by atoms with Gasteiger partial charge in [-0.25, -0.2) is 4.98 Å². The Kier molecular flexibility index (Phi) is 3.37. The third-order valence-electron chi connectivity index (χ3n) is 2.84. The number of aromatic amines is 1. The molecule has 1 aromatic rings. The quantitative estimate of drug-likeness (QED) is 0.760. The molecule has 4 nitrogen and oxygen atoms in total. The summed E-state index contributed by atoms with van der Waals surface area (Å²) in [7, 11) is 0. The highest BCUT2D eigenvalue weighted by atomic mass is 16.1. The third-order valence-corrected chi connectivity index (χ3v) is 2.84. The fourth-order valence-corrected chi connectivity index (χ4v) is 2.01. The Morgan fingerprint density at radius 1 is 1.13 bits per heavy atom. The van der Waals surface area contributed by atoms with E-state index in [9.17, 15) is 4.79 Å². The Morgan fingerprint density at radius 3 is 2.47 bits per heavy atom. The van der Waals surface area contributed by atoms with E-state index in [1.54, 1.807) is 6.07 Å². The number of nitrogens with zero attached hydrogens (tertiary/aromatic N) is 2. The minimum atomic E-state index is -0.0675. The smallest absolute Gasteiger partial charge is 0.252 e. The van der Waals surface area contributed by atoms with Gasteiger partial charge in [-0.1, -0.05) is 19.3 Å². The topological polar surface area (TPSA) is 49.0 Å². The van der Waals surface area contributed by atoms with Crippen LogP contribution in [0, 0.1) is 0 Å². The molecule has 0 atom stereocenters. The van der Waals surface area contributed by atoms with Crippen molar-refractivity contribution in [2.45, 2.75) is 32.1 Å². The zero-order valence-corrected chi connectivity index (χ0v) is 8.91. The predicted molar refractivity (Wildman–Crippen MR) is 60.2 cm³/mol. The molecule has 1 aromatic heterocycles. The van der Waals surface area contributed by atoms with Crippen molar-refractivity contribution in [2.24, 2.45) is 0 Å². The number of hydrogen-bond acceptors (Lipinski definition) is 3. The first kappa shape index (κ1) is 10.2. The van der Waals surface area contributed by atoms with E-state index >= 15 is 0 Å². The molecule has 0 spiro atoms. The van der Waals surface area contributed by atoms with Crippen molar-refractivity contribution in [1.82, 2.24) is 9.97 Å². The summed E-state index contributed by atoms with van der Waals surface area (Å²) in [6, 6.07) is 1.58. The van der Waals surface area contributed by atoms with Crippen LogP contribution >= 0.6 is 0 Å². The van der Waals surface area contributed by atoms with Gasteiger partial charge in [0.2, 0.25) is 0 Å². The lowest BCUT2D eigenvalue weighted by molar-refractivity contribution is 0.553. The largest absolute Gasteiger partial charge is 0.356 e. The van der Waals surface area contributed by atoms with E-state index in [1.807, 2.05) is 0 Å². The fourth-order valence-electron chi connectivity index (χ4n) is 2.01. The van der Waals surface area contributed by atoms with Crippen LogP contribution in [0.2, 0.25) is 0 Å². The molecule has 1 N–H and O–H groups in total. The van der Waals surface area contributed by atoms with E-state index in [1.165, 1.54) is 38.4 Å². The molecule has 82 valence electrons. The van der Waals surface area contributed by atoms with Gasteiger partial charge in [0.05, 0.1) is 6.33 Å². The van der Waals surface area contributed by atoms with Crippen LogP contribution in [0.25, 0.3) is 0 Å². The van der Waals surface area contributed by atoms with E-state index in [4.69, 9.17) is 0 Å². The summed E-state index contributed by atoms with van der Waals surface area (Å²) in [6.07, 6.45) is 7.81. The average molecular weight is 207 g/mol. The van der Waals surface area contributed by atoms with Gasteiger partial charge in [0.25, 0.3) is 5.56 Å². The van der Waals surface area contributed by atoms with Crippen molar-refractivity contribution < 1.29 is 0 Å². The maximum atomic E-state index is 11.2. The highest BCUT2D eigenvalue weighted by Crippen LogP contribution is 2.14. The van der Waals surface area contributed by atoms with Crippen LogP contribution in [0.4, 0.5) is 5.82 Å². The molecule has 1 saturated heterocycles. The van der Waals surface area contributed by atoms with E-state index in [0.29, 0.717) is 0 Å². The molecule has 4 heteroatoms. The Hall–Kier alpha value is -1.32. The van der Waals surface area contributed by atoms with Crippen molar-refractivity contribution in [3.63, 3.8) is 0 Å². The first-order valence-electron chi connectivity index (χ1n) is 5.66. The standard InChI is InChI=1S/C11H17N3O/c15-11-8-10(12-9-13-11)14-6-4-2-1-3-5-7-14/h8-9H,1-7H2,(H,12,13,15). The molecule has 0 aromatic carbocycles. The number of rotatable bonds is 1. The maximum Gasteiger partial charge on any atom is 0.252 e. The van der Waals surface area contributed by atoms with Crippen LogP contribution in [-0.2, 0) is 0 Å². The van der Waals surface area contributed by atoms with Crippen LogP contribution in [-0.4, -0.2) is 23.1 Å². The maximum absolute atomic E-state index is 11.2. The van der Waals surface area contributed by atoms with Gasteiger partial charge >= 0.3 is 0 Å². The van der Waals surface area contributed by atoms with Crippen LogP contribution < -0.4 is 10.5 Å². The van der Waals surface area contributed by atoms with Crippen molar-refractivity contribution in [2.75, 3.05) is 18.0 Å². The normalized spacial score (nSPS) is 18.3. The summed E-state index contributed by atoms with van der Waals surface area (Å²) in [6.45, 7) is 2.05. The molecule has 0 unspecified atom stereocenters. The summed E-state index contributed by atoms with van der Waals surface area (Å²) in [5.41, 5.74) is -0.0675. The summed E-state index contributed by atoms with van der Waals surface area (Å²) in [4.78, 5) is 20.1. The van der Waals surface area contributed by atoms with E-state index in [0.717, 1.165) is 18.9 Å². The second kappa shape index (κ2) is 4.96. The van der Waals surface area contributed by atoms with E-state index < -0.39 is 0 Å². The van der Waals surface area contributed by atoms with Gasteiger partial charge in [-0.15, -0.1) is 0 Å². The van der Waals surface area contributed by atoms with Gasteiger partial charge in [0.1, 0.15) is 5.82 Å². The summed E-state index contributed by atoms with van der Waals surface area (Å²) >= 11 is 0. The minimum absolute atomic E-state index is 0.0675. The van der Waals surface area contributed by atoms with Gasteiger partial charge in [0, 0.05) is 19.2 Å². The van der Waals surface area contributed by atoms with Crippen LogP contribution in [0.3, 0.4) is 0 Å². The Morgan fingerprint density at radius 2 is 1.80 bits per heavy atom. The Bertz CT molecular complexity index is 353. The molecule has 2 rings (SSSR count). The zero-order chi connectivity index (χ0) is 10.5. The zero-order valence-electron chi connectivity index (χ0n) is 8.91. The van der Waals surface area contributed by atoms with Crippen molar-refractivity contribution in [3.8, 4) is 0 Å². The molecule has 2 heterocycles. The lowest BCUT2D eigenvalue weighted by Crippen LogP contribution is -2.29. The van der Waals surface area contributed by atoms with Crippen molar-refractivity contribution >= 4 is 5.82 Å². The molecule has 1 aliphatic rings. The Balaban J connectivity index is 2.10. The van der Waals surface area contributed by atoms with Crippen molar-refractivity contribution in [3.05, 3.63) is 22.7 Å². The average Bonchev–Trinajstić information content (AvgIpc) is 2.16. The first-order valence-corrected chi connectivity index (χ1v) is 5.66. The number of H-pyrrole nitrogens is 1. The molecule has 0 radical (unpaired) electrons. The molecule has 15 heavy (non-hydrogen) atoms. The second-order valence-electron chi connectivity index (χ2n) is 4.02. The fraction of sp³-hybridized carbons (Fsp3) is 0.636. The monoisotopic (exact) mass is 207 g/mol. The van der Waals surface area contributed by atoms with Crippen LogP contribution in [0.5, 0.6) is 0 Å². The Labute approximate surface area is 89.3 Å². The van der Waals surface area contributed by atoms with Gasteiger partial charge in [-0.05, 0) is 12.8 Å². The number of aromatic nitrogens is 2. The van der Waals surface area contributed by atoms with Crippen LogP contribution in [0.15, 0.2) is 17.2 Å². The summed E-state index contributed by atoms with van der Waals surface area (Å²) < 4.78 is 0. The minimum Gasteiger partial charge on any atom is -0.356 e. The molecule has 1 aliphatic heterocycles. The second-order valence-corrected chi connectivity index (χ2v) is 4.02. The molecule has 0 amide bonds. The molecular weight excluding hydrogens is 190 g/mol. The molecular formula is C11H17N3O. The first-order chi connectivity index (χ1) is 7.36. The number of nitrogens with one attached hydrogen (secondary N) is 1. The lowest BCUT2D eigenvalue weighted by atomic mass is 10.1.